The van der Waals surface area contributed by atoms with E-state index in [2.05, 4.69) is 59.5 Å². The number of nitrogens with two attached hydrogens (primary N) is 1. The van der Waals surface area contributed by atoms with Gasteiger partial charge < -0.3 is 20.1 Å². The first kappa shape index (κ1) is 27.7. The van der Waals surface area contributed by atoms with E-state index >= 15 is 0 Å². The highest BCUT2D eigenvalue weighted by atomic mass is 79.9. The fourth-order valence-corrected chi connectivity index (χ4v) is 5.28. The van der Waals surface area contributed by atoms with Crippen molar-refractivity contribution in [2.45, 2.75) is 85.0 Å². The fraction of sp³-hybridized carbons (Fsp3) is 0.640. The van der Waals surface area contributed by atoms with Crippen molar-refractivity contribution in [2.24, 2.45) is 5.41 Å². The zero-order valence-electron chi connectivity index (χ0n) is 21.8. The zero-order valence-corrected chi connectivity index (χ0v) is 24.4. The maximum Gasteiger partial charge on any atom is 0.229 e. The molecule has 2 aromatic rings. The lowest BCUT2D eigenvalue weighted by molar-refractivity contribution is -0.142. The Balaban J connectivity index is 1.50. The summed E-state index contributed by atoms with van der Waals surface area (Å²) in [6, 6.07) is 6.73. The first-order valence-electron chi connectivity index (χ1n) is 12.5. The van der Waals surface area contributed by atoms with Gasteiger partial charge in [-0.1, -0.05) is 39.6 Å². The Bertz CT molecular complexity index is 1010. The van der Waals surface area contributed by atoms with Gasteiger partial charge in [-0.05, 0) is 53.7 Å². The van der Waals surface area contributed by atoms with Gasteiger partial charge in [0.25, 0.3) is 0 Å². The number of aromatic nitrogens is 3. The summed E-state index contributed by atoms with van der Waals surface area (Å²) in [4.78, 5) is 19.8. The molecular formula is C25H40BrN5O3Si. The molecule has 1 amide bonds. The number of halogens is 1. The minimum Gasteiger partial charge on any atom is -0.478 e. The molecule has 0 aromatic carbocycles. The van der Waals surface area contributed by atoms with Crippen molar-refractivity contribution in [1.82, 2.24) is 19.7 Å². The number of pyridine rings is 1. The highest BCUT2D eigenvalue weighted by Gasteiger charge is 2.39. The second kappa shape index (κ2) is 11.9. The molecule has 0 saturated carbocycles. The Morgan fingerprint density at radius 1 is 1.23 bits per heavy atom. The molecule has 2 N–H and O–H groups in total. The molecule has 0 fully saturated rings. The van der Waals surface area contributed by atoms with E-state index in [4.69, 9.17) is 15.2 Å². The van der Waals surface area contributed by atoms with E-state index in [1.165, 1.54) is 0 Å². The van der Waals surface area contributed by atoms with Crippen LogP contribution in [0.4, 0.5) is 5.82 Å². The number of carbonyl (C=O) groups excluding carboxylic acids is 1. The quantitative estimate of drug-likeness (QED) is 0.197. The van der Waals surface area contributed by atoms with Crippen molar-refractivity contribution in [1.29, 1.82) is 0 Å². The normalized spacial score (nSPS) is 15.2. The maximum absolute atomic E-state index is 13.6. The van der Waals surface area contributed by atoms with Crippen molar-refractivity contribution < 1.29 is 14.3 Å². The average Bonchev–Trinajstić information content (AvgIpc) is 3.36. The smallest absolute Gasteiger partial charge is 0.229 e. The molecule has 10 heteroatoms. The third kappa shape index (κ3) is 7.53. The highest BCUT2D eigenvalue weighted by molar-refractivity contribution is 9.10. The lowest BCUT2D eigenvalue weighted by Crippen LogP contribution is -2.39. The summed E-state index contributed by atoms with van der Waals surface area (Å²) < 4.78 is 14.2. The Labute approximate surface area is 218 Å². The van der Waals surface area contributed by atoms with Crippen LogP contribution in [0.15, 0.2) is 22.8 Å². The van der Waals surface area contributed by atoms with Crippen LogP contribution in [0, 0.1) is 5.41 Å². The number of hydrogen-bond acceptors (Lipinski definition) is 6. The van der Waals surface area contributed by atoms with Crippen molar-refractivity contribution in [3.05, 3.63) is 34.1 Å². The molecule has 1 unspecified atom stereocenters. The number of anilines is 1. The van der Waals surface area contributed by atoms with Gasteiger partial charge in [0, 0.05) is 31.7 Å². The summed E-state index contributed by atoms with van der Waals surface area (Å²) in [5, 5.41) is 4.46. The molecule has 8 nitrogen and oxygen atoms in total. The van der Waals surface area contributed by atoms with Crippen molar-refractivity contribution in [3.63, 3.8) is 0 Å². The molecule has 3 rings (SSSR count). The molecule has 2 aromatic heterocycles. The number of nitrogens with zero attached hydrogens (tertiary/aromatic N) is 4. The van der Waals surface area contributed by atoms with E-state index in [0.717, 1.165) is 54.2 Å². The monoisotopic (exact) mass is 565 g/mol. The number of hydrogen-bond donors (Lipinski definition) is 1. The van der Waals surface area contributed by atoms with Crippen LogP contribution in [0.25, 0.3) is 0 Å². The van der Waals surface area contributed by atoms with Crippen LogP contribution in [0.1, 0.15) is 50.8 Å². The Morgan fingerprint density at radius 2 is 2.00 bits per heavy atom. The van der Waals surface area contributed by atoms with Crippen molar-refractivity contribution >= 4 is 35.7 Å². The van der Waals surface area contributed by atoms with E-state index in [-0.39, 0.29) is 5.91 Å². The number of rotatable bonds is 13. The molecular weight excluding hydrogens is 526 g/mol. The van der Waals surface area contributed by atoms with E-state index in [0.29, 0.717) is 38.1 Å². The molecule has 1 aliphatic heterocycles. The van der Waals surface area contributed by atoms with Gasteiger partial charge in [-0.25, -0.2) is 9.67 Å². The Morgan fingerprint density at radius 3 is 2.69 bits per heavy atom. The van der Waals surface area contributed by atoms with Crippen LogP contribution < -0.4 is 10.5 Å². The molecule has 1 atom stereocenters. The van der Waals surface area contributed by atoms with Gasteiger partial charge in [0.2, 0.25) is 11.8 Å². The number of amides is 1. The fourth-order valence-electron chi connectivity index (χ4n) is 4.19. The van der Waals surface area contributed by atoms with Gasteiger partial charge in [0.15, 0.2) is 5.82 Å². The van der Waals surface area contributed by atoms with Crippen molar-refractivity contribution in [2.75, 3.05) is 18.9 Å². The molecule has 0 radical (unpaired) electrons. The Kier molecular flexibility index (Phi) is 9.39. The van der Waals surface area contributed by atoms with E-state index in [9.17, 15) is 4.79 Å². The van der Waals surface area contributed by atoms with Crippen LogP contribution in [0.5, 0.6) is 5.88 Å². The lowest BCUT2D eigenvalue weighted by atomic mass is 9.81. The number of nitrogen functional groups attached to an aromatic ring is 1. The molecule has 194 valence electrons. The van der Waals surface area contributed by atoms with Crippen LogP contribution in [-0.4, -0.2) is 46.9 Å². The predicted octanol–water partition coefficient (Wildman–Crippen LogP) is 5.44. The van der Waals surface area contributed by atoms with Gasteiger partial charge in [0.05, 0.1) is 25.4 Å². The van der Waals surface area contributed by atoms with E-state index in [1.54, 1.807) is 0 Å². The predicted molar refractivity (Wildman–Crippen MR) is 145 cm³/mol. The molecule has 0 spiro atoms. The van der Waals surface area contributed by atoms with Crippen LogP contribution in [0.3, 0.4) is 0 Å². The summed E-state index contributed by atoms with van der Waals surface area (Å²) in [6.07, 6.45) is 3.37. The molecule has 1 aliphatic rings. The molecule has 3 heterocycles. The second-order valence-electron chi connectivity index (χ2n) is 10.8. The second-order valence-corrected chi connectivity index (χ2v) is 17.3. The highest BCUT2D eigenvalue weighted by Crippen LogP contribution is 2.36. The third-order valence-electron chi connectivity index (χ3n) is 6.74. The summed E-state index contributed by atoms with van der Waals surface area (Å²) in [7, 11) is -1.14. The molecule has 35 heavy (non-hydrogen) atoms. The number of unbranched alkanes of at least 4 members (excludes halogenated alkanes) is 1. The molecule has 0 bridgehead atoms. The average molecular weight is 567 g/mol. The van der Waals surface area contributed by atoms with Crippen LogP contribution >= 0.6 is 15.9 Å². The van der Waals surface area contributed by atoms with E-state index < -0.39 is 13.5 Å². The van der Waals surface area contributed by atoms with Crippen LogP contribution in [0.2, 0.25) is 25.7 Å². The maximum atomic E-state index is 13.6. The van der Waals surface area contributed by atoms with Gasteiger partial charge in [0.1, 0.15) is 11.3 Å². The van der Waals surface area contributed by atoms with Gasteiger partial charge in [-0.2, -0.15) is 5.10 Å². The number of fused-ring (bicyclic) bond motifs is 1. The molecule has 0 saturated heterocycles. The largest absolute Gasteiger partial charge is 0.478 e. The SMILES string of the molecule is CCC(C)(CCCCOc1cccc(Br)n1)C(=O)N1Cc2c(N)nn(COCC[Si](C)(C)C)c2C1. The minimum absolute atomic E-state index is 0.177. The van der Waals surface area contributed by atoms with Crippen molar-refractivity contribution in [3.8, 4) is 5.88 Å². The van der Waals surface area contributed by atoms with Gasteiger partial charge in [-0.15, -0.1) is 0 Å². The lowest BCUT2D eigenvalue weighted by Gasteiger charge is -2.32. The minimum atomic E-state index is -1.14. The standard InChI is InChI=1S/C25H40BrN5O3Si/c1-6-25(2,12-7-8-13-34-22-11-9-10-21(26)28-22)24(32)30-16-19-20(17-30)31(29-23(19)27)18-33-14-15-35(3,4)5/h9-11H,6-8,12-18H2,1-5H3,(H2,27,29). The third-order valence-corrected chi connectivity index (χ3v) is 8.89. The summed E-state index contributed by atoms with van der Waals surface area (Å²) in [6.45, 7) is 13.9. The number of carbonyl (C=O) groups is 1. The summed E-state index contributed by atoms with van der Waals surface area (Å²) in [5.74, 6) is 1.29. The number of ether oxygens (including phenoxy) is 2. The van der Waals surface area contributed by atoms with Gasteiger partial charge in [-0.3, -0.25) is 4.79 Å². The van der Waals surface area contributed by atoms with Gasteiger partial charge >= 0.3 is 0 Å². The Hall–Kier alpha value is -1.91. The van der Waals surface area contributed by atoms with Crippen LogP contribution in [-0.2, 0) is 29.4 Å². The topological polar surface area (TPSA) is 95.5 Å². The molecule has 0 aliphatic carbocycles. The summed E-state index contributed by atoms with van der Waals surface area (Å²) >= 11 is 3.36. The van der Waals surface area contributed by atoms with E-state index in [1.807, 2.05) is 27.8 Å². The first-order valence-corrected chi connectivity index (χ1v) is 17.0. The first-order chi connectivity index (χ1) is 16.5. The zero-order chi connectivity index (χ0) is 25.6. The summed E-state index contributed by atoms with van der Waals surface area (Å²) in [5.41, 5.74) is 7.74.